The Morgan fingerprint density at radius 1 is 1.71 bits per heavy atom. The first kappa shape index (κ1) is 13.0. The number of aliphatic hydroxyl groups is 1. The van der Waals surface area contributed by atoms with Gasteiger partial charge in [0.1, 0.15) is 6.29 Å². The zero-order valence-corrected chi connectivity index (χ0v) is 8.47. The molecule has 6 heteroatoms. The predicted octanol–water partition coefficient (Wildman–Crippen LogP) is 0.00660. The number of hydrogen-bond donors (Lipinski definition) is 1. The molecule has 3 atom stereocenters. The van der Waals surface area contributed by atoms with Crippen LogP contribution in [0.2, 0.25) is 0 Å². The van der Waals surface area contributed by atoms with Gasteiger partial charge in [-0.15, -0.1) is 0 Å². The molecular weight excluding hydrogens is 190 g/mol. The number of nitro groups is 1. The molecular formula is C8H15NO5. The van der Waals surface area contributed by atoms with E-state index in [-0.39, 0.29) is 6.42 Å². The molecule has 0 radical (unpaired) electrons. The van der Waals surface area contributed by atoms with Crippen LogP contribution in [0.1, 0.15) is 20.3 Å². The molecule has 82 valence electrons. The fourth-order valence-electron chi connectivity index (χ4n) is 1.43. The topological polar surface area (TPSA) is 89.7 Å². The van der Waals surface area contributed by atoms with Crippen LogP contribution in [-0.2, 0) is 9.53 Å². The van der Waals surface area contributed by atoms with E-state index in [0.717, 1.165) is 0 Å². The molecule has 0 aromatic rings. The summed E-state index contributed by atoms with van der Waals surface area (Å²) in [7, 11) is 1.27. The Balaban J connectivity index is 4.94. The van der Waals surface area contributed by atoms with Crippen LogP contribution < -0.4 is 0 Å². The minimum absolute atomic E-state index is 0.288. The molecule has 0 unspecified atom stereocenters. The van der Waals surface area contributed by atoms with Crippen LogP contribution in [-0.4, -0.2) is 41.2 Å². The van der Waals surface area contributed by atoms with E-state index >= 15 is 0 Å². The third-order valence-corrected chi connectivity index (χ3v) is 2.22. The second-order valence-corrected chi connectivity index (χ2v) is 3.38. The Labute approximate surface area is 82.0 Å². The van der Waals surface area contributed by atoms with Crippen LogP contribution in [0.5, 0.6) is 0 Å². The molecule has 0 rings (SSSR count). The molecule has 0 heterocycles. The van der Waals surface area contributed by atoms with Gasteiger partial charge in [-0.2, -0.15) is 0 Å². The molecule has 0 fully saturated rings. The maximum Gasteiger partial charge on any atom is 0.254 e. The van der Waals surface area contributed by atoms with E-state index < -0.39 is 22.7 Å². The van der Waals surface area contributed by atoms with Crippen LogP contribution in [0, 0.1) is 10.1 Å². The van der Waals surface area contributed by atoms with Gasteiger partial charge < -0.3 is 14.6 Å². The lowest BCUT2D eigenvalue weighted by molar-refractivity contribution is -0.579. The molecule has 0 saturated carbocycles. The molecule has 0 aliphatic carbocycles. The van der Waals surface area contributed by atoms with Crippen molar-refractivity contribution >= 4 is 6.29 Å². The van der Waals surface area contributed by atoms with Crippen LogP contribution in [0.3, 0.4) is 0 Å². The lowest BCUT2D eigenvalue weighted by atomic mass is 9.89. The molecule has 0 aliphatic heterocycles. The first-order chi connectivity index (χ1) is 6.40. The normalized spacial score (nSPS) is 19.4. The van der Waals surface area contributed by atoms with E-state index in [1.165, 1.54) is 21.0 Å². The SMILES string of the molecule is CO[C@H]([C@@H](C)O)[C@](C)(CC=O)[N+](=O)[O-]. The van der Waals surface area contributed by atoms with E-state index in [1.54, 1.807) is 0 Å². The number of carbonyl (C=O) groups is 1. The standard InChI is InChI=1S/C8H15NO5/c1-6(11)7(14-3)8(2,4-5-10)9(12)13/h5-7,11H,4H2,1-3H3/t6-,7-,8+/m1/s1. The third-order valence-electron chi connectivity index (χ3n) is 2.22. The average Bonchev–Trinajstić information content (AvgIpc) is 2.04. The first-order valence-electron chi connectivity index (χ1n) is 4.19. The number of aliphatic hydroxyl groups excluding tert-OH is 1. The summed E-state index contributed by atoms with van der Waals surface area (Å²) >= 11 is 0. The molecule has 0 saturated heterocycles. The van der Waals surface area contributed by atoms with Gasteiger partial charge in [-0.3, -0.25) is 10.1 Å². The number of nitrogens with zero attached hydrogens (tertiary/aromatic N) is 1. The number of carbonyl (C=O) groups excluding carboxylic acids is 1. The van der Waals surface area contributed by atoms with E-state index in [9.17, 15) is 20.0 Å². The fourth-order valence-corrected chi connectivity index (χ4v) is 1.43. The number of methoxy groups -OCH3 is 1. The highest BCUT2D eigenvalue weighted by Crippen LogP contribution is 2.23. The third kappa shape index (κ3) is 2.49. The Morgan fingerprint density at radius 2 is 2.21 bits per heavy atom. The van der Waals surface area contributed by atoms with Crippen molar-refractivity contribution in [3.8, 4) is 0 Å². The lowest BCUT2D eigenvalue weighted by Gasteiger charge is -2.29. The summed E-state index contributed by atoms with van der Waals surface area (Å²) in [4.78, 5) is 20.5. The van der Waals surface area contributed by atoms with Crippen LogP contribution in [0.4, 0.5) is 0 Å². The first-order valence-corrected chi connectivity index (χ1v) is 4.19. The smallest absolute Gasteiger partial charge is 0.254 e. The van der Waals surface area contributed by atoms with Crippen LogP contribution >= 0.6 is 0 Å². The Morgan fingerprint density at radius 3 is 2.43 bits per heavy atom. The highest BCUT2D eigenvalue weighted by Gasteiger charge is 2.48. The fraction of sp³-hybridized carbons (Fsp3) is 0.875. The van der Waals surface area contributed by atoms with Crippen molar-refractivity contribution in [2.24, 2.45) is 0 Å². The molecule has 0 aromatic heterocycles. The van der Waals surface area contributed by atoms with Gasteiger partial charge in [0, 0.05) is 19.0 Å². The van der Waals surface area contributed by atoms with E-state index in [1.807, 2.05) is 0 Å². The monoisotopic (exact) mass is 205 g/mol. The van der Waals surface area contributed by atoms with Gasteiger partial charge in [0.25, 0.3) is 5.54 Å². The quantitative estimate of drug-likeness (QED) is 0.374. The zero-order valence-electron chi connectivity index (χ0n) is 8.47. The van der Waals surface area contributed by atoms with Crippen molar-refractivity contribution in [1.29, 1.82) is 0 Å². The second kappa shape index (κ2) is 5.02. The Bertz CT molecular complexity index is 218. The van der Waals surface area contributed by atoms with E-state index in [2.05, 4.69) is 0 Å². The van der Waals surface area contributed by atoms with Gasteiger partial charge >= 0.3 is 0 Å². The van der Waals surface area contributed by atoms with Gasteiger partial charge in [-0.25, -0.2) is 0 Å². The highest BCUT2D eigenvalue weighted by molar-refractivity contribution is 5.51. The van der Waals surface area contributed by atoms with Crippen LogP contribution in [0.15, 0.2) is 0 Å². The van der Waals surface area contributed by atoms with Gasteiger partial charge in [-0.05, 0) is 6.92 Å². The van der Waals surface area contributed by atoms with Crippen molar-refractivity contribution in [1.82, 2.24) is 0 Å². The minimum atomic E-state index is -1.58. The summed E-state index contributed by atoms with van der Waals surface area (Å²) in [6, 6.07) is 0. The maximum atomic E-state index is 10.8. The number of ether oxygens (including phenoxy) is 1. The summed E-state index contributed by atoms with van der Waals surface area (Å²) < 4.78 is 4.84. The predicted molar refractivity (Wildman–Crippen MR) is 48.6 cm³/mol. The zero-order chi connectivity index (χ0) is 11.4. The van der Waals surface area contributed by atoms with Crippen molar-refractivity contribution < 1.29 is 19.6 Å². The molecule has 0 bridgehead atoms. The van der Waals surface area contributed by atoms with E-state index in [0.29, 0.717) is 6.29 Å². The minimum Gasteiger partial charge on any atom is -0.390 e. The maximum absolute atomic E-state index is 10.8. The number of rotatable bonds is 6. The molecule has 14 heavy (non-hydrogen) atoms. The highest BCUT2D eigenvalue weighted by atomic mass is 16.6. The summed E-state index contributed by atoms with van der Waals surface area (Å²) in [5.74, 6) is 0. The second-order valence-electron chi connectivity index (χ2n) is 3.38. The molecule has 0 spiro atoms. The largest absolute Gasteiger partial charge is 0.390 e. The summed E-state index contributed by atoms with van der Waals surface area (Å²) in [6.07, 6.45) is -1.83. The van der Waals surface area contributed by atoms with Gasteiger partial charge in [0.05, 0.1) is 12.5 Å². The van der Waals surface area contributed by atoms with Crippen molar-refractivity contribution in [3.05, 3.63) is 10.1 Å². The summed E-state index contributed by atoms with van der Waals surface area (Å²) in [5, 5.41) is 20.0. The Hall–Kier alpha value is -1.01. The van der Waals surface area contributed by atoms with Crippen molar-refractivity contribution in [3.63, 3.8) is 0 Å². The van der Waals surface area contributed by atoms with Gasteiger partial charge in [0.2, 0.25) is 0 Å². The molecule has 1 N–H and O–H groups in total. The molecule has 0 aliphatic rings. The molecule has 0 aromatic carbocycles. The van der Waals surface area contributed by atoms with Crippen molar-refractivity contribution in [2.45, 2.75) is 38.0 Å². The van der Waals surface area contributed by atoms with Gasteiger partial charge in [-0.1, -0.05) is 0 Å². The molecule has 6 nitrogen and oxygen atoms in total. The summed E-state index contributed by atoms with van der Waals surface area (Å²) in [6.45, 7) is 2.67. The van der Waals surface area contributed by atoms with E-state index in [4.69, 9.17) is 4.74 Å². The Kier molecular flexibility index (Phi) is 4.65. The van der Waals surface area contributed by atoms with Crippen LogP contribution in [0.25, 0.3) is 0 Å². The number of hydrogen-bond acceptors (Lipinski definition) is 5. The van der Waals surface area contributed by atoms with Crippen molar-refractivity contribution in [2.75, 3.05) is 7.11 Å². The van der Waals surface area contributed by atoms with Gasteiger partial charge in [0.15, 0.2) is 6.10 Å². The summed E-state index contributed by atoms with van der Waals surface area (Å²) in [5.41, 5.74) is -1.58. The molecule has 0 amide bonds. The lowest BCUT2D eigenvalue weighted by Crippen LogP contribution is -2.52. The average molecular weight is 205 g/mol. The number of aldehydes is 1.